The summed E-state index contributed by atoms with van der Waals surface area (Å²) in [5, 5.41) is 3.53. The summed E-state index contributed by atoms with van der Waals surface area (Å²) in [6.45, 7) is 4.81. The summed E-state index contributed by atoms with van der Waals surface area (Å²) >= 11 is 0. The molecular weight excluding hydrogens is 303 g/mol. The van der Waals surface area contributed by atoms with Gasteiger partial charge < -0.3 is 10.2 Å². The highest BCUT2D eigenvalue weighted by atomic mass is 19.1. The topological polar surface area (TPSA) is 32.3 Å². The van der Waals surface area contributed by atoms with Crippen LogP contribution in [0.3, 0.4) is 0 Å². The normalized spacial score (nSPS) is 15.1. The largest absolute Gasteiger partial charge is 0.378 e. The number of rotatable bonds is 5. The van der Waals surface area contributed by atoms with Crippen LogP contribution in [0, 0.1) is 5.82 Å². The van der Waals surface area contributed by atoms with E-state index in [1.165, 1.54) is 17.7 Å². The number of carbonyl (C=O) groups is 1. The van der Waals surface area contributed by atoms with Crippen LogP contribution in [0.5, 0.6) is 0 Å². The Morgan fingerprint density at radius 2 is 1.88 bits per heavy atom. The number of hydrogen-bond acceptors (Lipinski definition) is 2. The number of hydrogen-bond donors (Lipinski definition) is 1. The van der Waals surface area contributed by atoms with Crippen LogP contribution >= 0.6 is 0 Å². The molecular formula is C20H23FN2O. The maximum Gasteiger partial charge on any atom is 0.227 e. The SMILES string of the molecule is CCC(Nc1ccc2c(c1)CCC(=O)N2CC)c1ccc(F)cc1. The summed E-state index contributed by atoms with van der Waals surface area (Å²) in [4.78, 5) is 13.8. The molecule has 1 aliphatic heterocycles. The van der Waals surface area contributed by atoms with E-state index in [9.17, 15) is 9.18 Å². The second-order valence-corrected chi connectivity index (χ2v) is 6.14. The smallest absolute Gasteiger partial charge is 0.227 e. The van der Waals surface area contributed by atoms with Gasteiger partial charge in [0.2, 0.25) is 5.91 Å². The third-order valence-corrected chi connectivity index (χ3v) is 4.62. The van der Waals surface area contributed by atoms with E-state index in [4.69, 9.17) is 0 Å². The van der Waals surface area contributed by atoms with Crippen molar-refractivity contribution in [3.05, 3.63) is 59.4 Å². The van der Waals surface area contributed by atoms with Crippen LogP contribution < -0.4 is 10.2 Å². The van der Waals surface area contributed by atoms with Crippen molar-refractivity contribution in [2.75, 3.05) is 16.8 Å². The van der Waals surface area contributed by atoms with Gasteiger partial charge in [0.05, 0.1) is 6.04 Å². The molecule has 0 spiro atoms. The summed E-state index contributed by atoms with van der Waals surface area (Å²) < 4.78 is 13.1. The van der Waals surface area contributed by atoms with E-state index in [-0.39, 0.29) is 17.8 Å². The zero-order valence-corrected chi connectivity index (χ0v) is 14.2. The molecule has 0 aliphatic carbocycles. The van der Waals surface area contributed by atoms with Gasteiger partial charge in [0, 0.05) is 24.3 Å². The lowest BCUT2D eigenvalue weighted by molar-refractivity contribution is -0.118. The van der Waals surface area contributed by atoms with Crippen LogP contribution in [0.15, 0.2) is 42.5 Å². The van der Waals surface area contributed by atoms with Gasteiger partial charge in [0.15, 0.2) is 0 Å². The van der Waals surface area contributed by atoms with Crippen molar-refractivity contribution in [3.63, 3.8) is 0 Å². The highest BCUT2D eigenvalue weighted by molar-refractivity contribution is 5.96. The van der Waals surface area contributed by atoms with Gasteiger partial charge in [-0.05, 0) is 61.2 Å². The molecule has 3 rings (SSSR count). The van der Waals surface area contributed by atoms with Gasteiger partial charge in [-0.25, -0.2) is 4.39 Å². The van der Waals surface area contributed by atoms with E-state index < -0.39 is 0 Å². The molecule has 1 atom stereocenters. The van der Waals surface area contributed by atoms with Crippen LogP contribution in [0.25, 0.3) is 0 Å². The van der Waals surface area contributed by atoms with Gasteiger partial charge in [0.1, 0.15) is 5.82 Å². The van der Waals surface area contributed by atoms with E-state index in [1.54, 1.807) is 0 Å². The first kappa shape index (κ1) is 16.5. The molecule has 4 heteroatoms. The molecule has 0 radical (unpaired) electrons. The van der Waals surface area contributed by atoms with Crippen LogP contribution in [0.1, 0.15) is 43.9 Å². The van der Waals surface area contributed by atoms with Crippen molar-refractivity contribution < 1.29 is 9.18 Å². The fourth-order valence-corrected chi connectivity index (χ4v) is 3.31. The number of amides is 1. The predicted molar refractivity (Wildman–Crippen MR) is 95.8 cm³/mol. The zero-order chi connectivity index (χ0) is 17.1. The second-order valence-electron chi connectivity index (χ2n) is 6.14. The van der Waals surface area contributed by atoms with Crippen LogP contribution in [0.2, 0.25) is 0 Å². The third kappa shape index (κ3) is 3.28. The molecule has 2 aromatic carbocycles. The molecule has 0 aromatic heterocycles. The van der Waals surface area contributed by atoms with Crippen molar-refractivity contribution >= 4 is 17.3 Å². The zero-order valence-electron chi connectivity index (χ0n) is 14.2. The minimum absolute atomic E-state index is 0.135. The van der Waals surface area contributed by atoms with Gasteiger partial charge in [-0.15, -0.1) is 0 Å². The van der Waals surface area contributed by atoms with Crippen LogP contribution in [-0.2, 0) is 11.2 Å². The third-order valence-electron chi connectivity index (χ3n) is 4.62. The quantitative estimate of drug-likeness (QED) is 0.864. The Balaban J connectivity index is 1.82. The Bertz CT molecular complexity index is 727. The first-order valence-electron chi connectivity index (χ1n) is 8.57. The van der Waals surface area contributed by atoms with Crippen molar-refractivity contribution in [1.82, 2.24) is 0 Å². The summed E-state index contributed by atoms with van der Waals surface area (Å²) in [5.74, 6) is -0.0184. The summed E-state index contributed by atoms with van der Waals surface area (Å²) in [6.07, 6.45) is 2.26. The van der Waals surface area contributed by atoms with Gasteiger partial charge in [0.25, 0.3) is 0 Å². The van der Waals surface area contributed by atoms with E-state index >= 15 is 0 Å². The Labute approximate surface area is 142 Å². The minimum Gasteiger partial charge on any atom is -0.378 e. The molecule has 3 nitrogen and oxygen atoms in total. The molecule has 1 unspecified atom stereocenters. The predicted octanol–water partition coefficient (Wildman–Crippen LogP) is 4.69. The number of fused-ring (bicyclic) bond motifs is 1. The summed E-state index contributed by atoms with van der Waals surface area (Å²) in [5.41, 5.74) is 4.34. The van der Waals surface area contributed by atoms with Crippen molar-refractivity contribution in [2.45, 2.75) is 39.2 Å². The lowest BCUT2D eigenvalue weighted by Gasteiger charge is -2.29. The monoisotopic (exact) mass is 326 g/mol. The molecule has 24 heavy (non-hydrogen) atoms. The highest BCUT2D eigenvalue weighted by Crippen LogP contribution is 2.32. The average Bonchev–Trinajstić information content (AvgIpc) is 2.60. The van der Waals surface area contributed by atoms with Gasteiger partial charge in [-0.2, -0.15) is 0 Å². The van der Waals surface area contributed by atoms with E-state index in [2.05, 4.69) is 18.3 Å². The lowest BCUT2D eigenvalue weighted by Crippen LogP contribution is -2.34. The molecule has 2 aromatic rings. The Morgan fingerprint density at radius 3 is 2.54 bits per heavy atom. The number of halogens is 1. The molecule has 0 bridgehead atoms. The molecule has 1 amide bonds. The summed E-state index contributed by atoms with van der Waals surface area (Å²) in [6, 6.07) is 13.0. The molecule has 126 valence electrons. The van der Waals surface area contributed by atoms with Crippen molar-refractivity contribution in [2.24, 2.45) is 0 Å². The number of benzene rings is 2. The molecule has 1 heterocycles. The number of nitrogens with zero attached hydrogens (tertiary/aromatic N) is 1. The van der Waals surface area contributed by atoms with Gasteiger partial charge in [-0.3, -0.25) is 4.79 Å². The maximum absolute atomic E-state index is 13.1. The Morgan fingerprint density at radius 1 is 1.12 bits per heavy atom. The lowest BCUT2D eigenvalue weighted by atomic mass is 9.99. The minimum atomic E-state index is -0.216. The number of anilines is 2. The van der Waals surface area contributed by atoms with E-state index in [1.807, 2.05) is 36.1 Å². The standard InChI is InChI=1S/C20H23FN2O/c1-3-18(14-5-8-16(21)9-6-14)22-17-10-11-19-15(13-17)7-12-20(24)23(19)4-2/h5-6,8-11,13,18,22H,3-4,7,12H2,1-2H3. The number of carbonyl (C=O) groups excluding carboxylic acids is 1. The average molecular weight is 326 g/mol. The van der Waals surface area contributed by atoms with Crippen LogP contribution in [0.4, 0.5) is 15.8 Å². The Hall–Kier alpha value is -2.36. The van der Waals surface area contributed by atoms with Gasteiger partial charge in [-0.1, -0.05) is 19.1 Å². The van der Waals surface area contributed by atoms with Crippen molar-refractivity contribution in [1.29, 1.82) is 0 Å². The van der Waals surface area contributed by atoms with Crippen LogP contribution in [-0.4, -0.2) is 12.5 Å². The summed E-state index contributed by atoms with van der Waals surface area (Å²) in [7, 11) is 0. The second kappa shape index (κ2) is 7.04. The molecule has 0 saturated heterocycles. The number of nitrogens with one attached hydrogen (secondary N) is 1. The fraction of sp³-hybridized carbons (Fsp3) is 0.350. The van der Waals surface area contributed by atoms with Gasteiger partial charge >= 0.3 is 0 Å². The first-order valence-corrected chi connectivity index (χ1v) is 8.57. The van der Waals surface area contributed by atoms with Crippen molar-refractivity contribution in [3.8, 4) is 0 Å². The molecule has 1 N–H and O–H groups in total. The number of aryl methyl sites for hydroxylation is 1. The first-order chi connectivity index (χ1) is 11.6. The maximum atomic E-state index is 13.1. The Kier molecular flexibility index (Phi) is 4.84. The fourth-order valence-electron chi connectivity index (χ4n) is 3.31. The molecule has 1 aliphatic rings. The van der Waals surface area contributed by atoms with E-state index in [0.29, 0.717) is 13.0 Å². The molecule has 0 saturated carbocycles. The van der Waals surface area contributed by atoms with E-state index in [0.717, 1.165) is 29.8 Å². The molecule has 0 fully saturated rings. The highest BCUT2D eigenvalue weighted by Gasteiger charge is 2.23.